The van der Waals surface area contributed by atoms with Crippen LogP contribution in [0.1, 0.15) is 29.9 Å². The van der Waals surface area contributed by atoms with E-state index in [1.54, 1.807) is 18.5 Å². The molecule has 0 fully saturated rings. The third-order valence-corrected chi connectivity index (χ3v) is 4.87. The molecule has 0 N–H and O–H groups in total. The van der Waals surface area contributed by atoms with Crippen molar-refractivity contribution in [3.05, 3.63) is 78.1 Å². The van der Waals surface area contributed by atoms with Crippen LogP contribution in [0.5, 0.6) is 0 Å². The maximum absolute atomic E-state index is 12.8. The van der Waals surface area contributed by atoms with Gasteiger partial charge in [0.25, 0.3) is 0 Å². The number of rotatable bonds is 6. The molecule has 1 atom stereocenters. The summed E-state index contributed by atoms with van der Waals surface area (Å²) in [5.74, 6) is 0. The lowest BCUT2D eigenvalue weighted by atomic mass is 10.1. The number of hydrogen-bond donors (Lipinski definition) is 0. The van der Waals surface area contributed by atoms with Crippen LogP contribution < -0.4 is 4.90 Å². The lowest BCUT2D eigenvalue weighted by molar-refractivity contribution is -0.137. The minimum atomic E-state index is -4.34. The zero-order chi connectivity index (χ0) is 21.9. The molecular weight excluding hydrogens is 389 g/mol. The van der Waals surface area contributed by atoms with Gasteiger partial charge in [-0.15, -0.1) is 5.73 Å². The van der Waals surface area contributed by atoms with Gasteiger partial charge in [0.15, 0.2) is 0 Å². The van der Waals surface area contributed by atoms with Gasteiger partial charge in [-0.2, -0.15) is 18.3 Å². The molecule has 0 saturated heterocycles. The van der Waals surface area contributed by atoms with Crippen LogP contribution in [0.25, 0.3) is 17.2 Å². The van der Waals surface area contributed by atoms with E-state index in [2.05, 4.69) is 22.4 Å². The molecule has 1 aromatic carbocycles. The number of alkyl halides is 3. The maximum Gasteiger partial charge on any atom is 0.416 e. The summed E-state index contributed by atoms with van der Waals surface area (Å²) < 4.78 is 40.3. The minimum absolute atomic E-state index is 0.0476. The Bertz CT molecular complexity index is 1060. The second kappa shape index (κ2) is 8.59. The molecule has 0 saturated carbocycles. The lowest BCUT2D eigenvalue weighted by Gasteiger charge is -2.25. The van der Waals surface area contributed by atoms with Gasteiger partial charge in [0.05, 0.1) is 23.5 Å². The third-order valence-electron chi connectivity index (χ3n) is 4.87. The molecule has 7 heteroatoms. The molecule has 3 aromatic rings. The first-order valence-electron chi connectivity index (χ1n) is 9.45. The first-order valence-corrected chi connectivity index (χ1v) is 9.45. The Morgan fingerprint density at radius 2 is 1.93 bits per heavy atom. The first kappa shape index (κ1) is 21.4. The van der Waals surface area contributed by atoms with E-state index < -0.39 is 11.7 Å². The van der Waals surface area contributed by atoms with Crippen LogP contribution in [0.2, 0.25) is 0 Å². The molecule has 0 aliphatic carbocycles. The van der Waals surface area contributed by atoms with Gasteiger partial charge in [-0.3, -0.25) is 9.67 Å². The number of aromatic nitrogens is 3. The molecule has 1 unspecified atom stereocenters. The Balaban J connectivity index is 1.84. The highest BCUT2D eigenvalue weighted by atomic mass is 19.4. The molecule has 0 aliphatic heterocycles. The average Bonchev–Trinajstić information content (AvgIpc) is 3.11. The Labute approximate surface area is 174 Å². The van der Waals surface area contributed by atoms with Crippen molar-refractivity contribution in [3.63, 3.8) is 0 Å². The monoisotopic (exact) mass is 412 g/mol. The third kappa shape index (κ3) is 4.63. The SMILES string of the molecule is C=C=Cc1c(-c2ccnc(C)c2)cnn1C(C)CN(C)c1ccc(C(F)(F)F)cc1. The summed E-state index contributed by atoms with van der Waals surface area (Å²) in [6.45, 7) is 8.18. The van der Waals surface area contributed by atoms with Crippen molar-refractivity contribution < 1.29 is 13.2 Å². The maximum atomic E-state index is 12.8. The average molecular weight is 412 g/mol. The van der Waals surface area contributed by atoms with Crippen molar-refractivity contribution in [1.29, 1.82) is 0 Å². The number of benzene rings is 1. The molecule has 4 nitrogen and oxygen atoms in total. The number of aryl methyl sites for hydroxylation is 1. The Kier molecular flexibility index (Phi) is 6.13. The van der Waals surface area contributed by atoms with Crippen molar-refractivity contribution in [2.24, 2.45) is 0 Å². The Morgan fingerprint density at radius 3 is 2.53 bits per heavy atom. The van der Waals surface area contributed by atoms with Gasteiger partial charge in [0.1, 0.15) is 0 Å². The summed E-state index contributed by atoms with van der Waals surface area (Å²) in [5, 5.41) is 4.56. The highest BCUT2D eigenvalue weighted by Gasteiger charge is 2.30. The number of anilines is 1. The van der Waals surface area contributed by atoms with Crippen molar-refractivity contribution in [2.75, 3.05) is 18.5 Å². The predicted octanol–water partition coefficient (Wildman–Crippen LogP) is 5.77. The molecule has 3 rings (SSSR count). The van der Waals surface area contributed by atoms with E-state index in [9.17, 15) is 13.2 Å². The normalized spacial score (nSPS) is 12.3. The van der Waals surface area contributed by atoms with Crippen molar-refractivity contribution in [3.8, 4) is 11.1 Å². The van der Waals surface area contributed by atoms with Crippen molar-refractivity contribution >= 4 is 11.8 Å². The topological polar surface area (TPSA) is 34.0 Å². The van der Waals surface area contributed by atoms with Crippen LogP contribution in [0, 0.1) is 6.92 Å². The van der Waals surface area contributed by atoms with Crippen LogP contribution in [0.15, 0.2) is 61.1 Å². The molecule has 2 aromatic heterocycles. The van der Waals surface area contributed by atoms with E-state index in [-0.39, 0.29) is 6.04 Å². The molecule has 0 aliphatic rings. The van der Waals surface area contributed by atoms with E-state index in [0.717, 1.165) is 34.6 Å². The number of hydrogen-bond acceptors (Lipinski definition) is 3. The van der Waals surface area contributed by atoms with Gasteiger partial charge in [0.2, 0.25) is 0 Å². The smallest absolute Gasteiger partial charge is 0.372 e. The molecule has 30 heavy (non-hydrogen) atoms. The molecule has 0 bridgehead atoms. The van der Waals surface area contributed by atoms with Gasteiger partial charge in [-0.05, 0) is 55.8 Å². The van der Waals surface area contributed by atoms with E-state index >= 15 is 0 Å². The van der Waals surface area contributed by atoms with Crippen molar-refractivity contribution in [2.45, 2.75) is 26.1 Å². The molecule has 0 radical (unpaired) electrons. The van der Waals surface area contributed by atoms with E-state index in [1.807, 2.05) is 42.6 Å². The molecule has 156 valence electrons. The number of nitrogens with zero attached hydrogens (tertiary/aromatic N) is 4. The summed E-state index contributed by atoms with van der Waals surface area (Å²) in [6, 6.07) is 9.02. The standard InChI is InChI=1S/C23H23F3N4/c1-5-6-22-21(18-11-12-27-16(2)13-18)14-28-30(22)17(3)15-29(4)20-9-7-19(8-10-20)23(24,25)26/h6-14,17H,1,15H2,2-4H3. The summed E-state index contributed by atoms with van der Waals surface area (Å²) in [4.78, 5) is 6.14. The fourth-order valence-corrected chi connectivity index (χ4v) is 3.38. The summed E-state index contributed by atoms with van der Waals surface area (Å²) in [6.07, 6.45) is 0.998. The van der Waals surface area contributed by atoms with E-state index in [1.165, 1.54) is 12.1 Å². The van der Waals surface area contributed by atoms with Gasteiger partial charge >= 0.3 is 6.18 Å². The van der Waals surface area contributed by atoms with Crippen LogP contribution in [0.4, 0.5) is 18.9 Å². The fourth-order valence-electron chi connectivity index (χ4n) is 3.38. The Morgan fingerprint density at radius 1 is 1.23 bits per heavy atom. The van der Waals surface area contributed by atoms with Crippen molar-refractivity contribution in [1.82, 2.24) is 14.8 Å². The van der Waals surface area contributed by atoms with Crippen LogP contribution in [-0.2, 0) is 6.18 Å². The lowest BCUT2D eigenvalue weighted by Crippen LogP contribution is -2.27. The van der Waals surface area contributed by atoms with E-state index in [4.69, 9.17) is 0 Å². The molecule has 0 spiro atoms. The highest BCUT2D eigenvalue weighted by molar-refractivity contribution is 5.72. The zero-order valence-corrected chi connectivity index (χ0v) is 17.1. The summed E-state index contributed by atoms with van der Waals surface area (Å²) >= 11 is 0. The largest absolute Gasteiger partial charge is 0.416 e. The zero-order valence-electron chi connectivity index (χ0n) is 17.1. The van der Waals surface area contributed by atoms with Gasteiger partial charge in [-0.1, -0.05) is 6.58 Å². The number of pyridine rings is 1. The van der Waals surface area contributed by atoms with Gasteiger partial charge < -0.3 is 4.90 Å². The second-order valence-corrected chi connectivity index (χ2v) is 7.20. The fraction of sp³-hybridized carbons (Fsp3) is 0.261. The molecule has 2 heterocycles. The van der Waals surface area contributed by atoms with Crippen LogP contribution in [0.3, 0.4) is 0 Å². The molecule has 0 amide bonds. The summed E-state index contributed by atoms with van der Waals surface area (Å²) in [7, 11) is 1.85. The van der Waals surface area contributed by atoms with Gasteiger partial charge in [0, 0.05) is 42.8 Å². The Hall–Kier alpha value is -3.31. The summed E-state index contributed by atoms with van der Waals surface area (Å²) in [5.41, 5.74) is 6.58. The number of likely N-dealkylation sites (N-methyl/N-ethyl adjacent to an activating group) is 1. The van der Waals surface area contributed by atoms with Crippen LogP contribution >= 0.6 is 0 Å². The predicted molar refractivity (Wildman–Crippen MR) is 113 cm³/mol. The minimum Gasteiger partial charge on any atom is -0.372 e. The molecular formula is C23H23F3N4. The van der Waals surface area contributed by atoms with Gasteiger partial charge in [-0.25, -0.2) is 0 Å². The van der Waals surface area contributed by atoms with Crippen LogP contribution in [-0.4, -0.2) is 28.4 Å². The first-order chi connectivity index (χ1) is 14.2. The highest BCUT2D eigenvalue weighted by Crippen LogP contribution is 2.31. The quantitative estimate of drug-likeness (QED) is 0.482. The second-order valence-electron chi connectivity index (χ2n) is 7.20. The van der Waals surface area contributed by atoms with E-state index in [0.29, 0.717) is 12.2 Å². The number of halogens is 3.